The SMILES string of the molecule is CN1C(C=O)CC2CC=CC21. The lowest BCUT2D eigenvalue weighted by atomic mass is 10.0. The first-order chi connectivity index (χ1) is 5.33. The highest BCUT2D eigenvalue weighted by molar-refractivity contribution is 5.58. The van der Waals surface area contributed by atoms with Crippen LogP contribution in [0.1, 0.15) is 12.8 Å². The van der Waals surface area contributed by atoms with E-state index in [0.29, 0.717) is 6.04 Å². The fourth-order valence-corrected chi connectivity index (χ4v) is 2.24. The molecule has 1 heterocycles. The fourth-order valence-electron chi connectivity index (χ4n) is 2.24. The third kappa shape index (κ3) is 0.932. The van der Waals surface area contributed by atoms with Gasteiger partial charge in [0, 0.05) is 6.04 Å². The van der Waals surface area contributed by atoms with Gasteiger partial charge in [-0.25, -0.2) is 0 Å². The Morgan fingerprint density at radius 1 is 1.64 bits per heavy atom. The molecule has 2 nitrogen and oxygen atoms in total. The molecule has 0 N–H and O–H groups in total. The second kappa shape index (κ2) is 2.45. The lowest BCUT2D eigenvalue weighted by Crippen LogP contribution is -2.32. The standard InChI is InChI=1S/C9H13NO/c1-10-8(6-11)5-7-3-2-4-9(7)10/h2,4,6-9H,3,5H2,1H3. The zero-order valence-corrected chi connectivity index (χ0v) is 6.73. The fraction of sp³-hybridized carbons (Fsp3) is 0.667. The third-order valence-corrected chi connectivity index (χ3v) is 2.95. The van der Waals surface area contributed by atoms with Gasteiger partial charge in [0.2, 0.25) is 0 Å². The number of likely N-dealkylation sites (tertiary alicyclic amines) is 1. The van der Waals surface area contributed by atoms with Crippen LogP contribution in [0, 0.1) is 5.92 Å². The van der Waals surface area contributed by atoms with Crippen LogP contribution in [0.4, 0.5) is 0 Å². The van der Waals surface area contributed by atoms with Crippen molar-refractivity contribution >= 4 is 6.29 Å². The topological polar surface area (TPSA) is 20.3 Å². The second-order valence-electron chi connectivity index (χ2n) is 3.52. The summed E-state index contributed by atoms with van der Waals surface area (Å²) in [5, 5.41) is 0. The van der Waals surface area contributed by atoms with E-state index >= 15 is 0 Å². The van der Waals surface area contributed by atoms with Gasteiger partial charge < -0.3 is 4.79 Å². The number of likely N-dealkylation sites (N-methyl/N-ethyl adjacent to an activating group) is 1. The summed E-state index contributed by atoms with van der Waals surface area (Å²) in [6, 6.07) is 0.722. The van der Waals surface area contributed by atoms with Crippen LogP contribution >= 0.6 is 0 Å². The van der Waals surface area contributed by atoms with Gasteiger partial charge >= 0.3 is 0 Å². The van der Waals surface area contributed by atoms with Crippen molar-refractivity contribution in [2.45, 2.75) is 24.9 Å². The van der Waals surface area contributed by atoms with Crippen LogP contribution in [0.3, 0.4) is 0 Å². The molecule has 0 saturated carbocycles. The molecule has 0 spiro atoms. The largest absolute Gasteiger partial charge is 0.302 e. The molecule has 0 aromatic carbocycles. The van der Waals surface area contributed by atoms with Gasteiger partial charge in [-0.3, -0.25) is 4.90 Å². The molecular formula is C9H13NO. The van der Waals surface area contributed by atoms with Crippen LogP contribution in [-0.4, -0.2) is 30.3 Å². The number of aldehydes is 1. The lowest BCUT2D eigenvalue weighted by molar-refractivity contribution is -0.111. The Kier molecular flexibility index (Phi) is 1.57. The molecule has 2 rings (SSSR count). The number of fused-ring (bicyclic) bond motifs is 1. The molecule has 3 unspecified atom stereocenters. The Hall–Kier alpha value is -0.630. The first kappa shape index (κ1) is 7.04. The van der Waals surface area contributed by atoms with E-state index in [1.54, 1.807) is 0 Å². The van der Waals surface area contributed by atoms with E-state index in [2.05, 4.69) is 17.1 Å². The molecule has 0 aromatic rings. The number of hydrogen-bond donors (Lipinski definition) is 0. The van der Waals surface area contributed by atoms with E-state index < -0.39 is 0 Å². The molecule has 2 aliphatic rings. The molecule has 1 fully saturated rings. The maximum atomic E-state index is 10.6. The number of allylic oxidation sites excluding steroid dienone is 1. The minimum Gasteiger partial charge on any atom is -0.302 e. The van der Waals surface area contributed by atoms with Crippen LogP contribution in [-0.2, 0) is 4.79 Å². The van der Waals surface area contributed by atoms with Gasteiger partial charge in [0.1, 0.15) is 6.29 Å². The Bertz CT molecular complexity index is 200. The number of hydrogen-bond acceptors (Lipinski definition) is 2. The van der Waals surface area contributed by atoms with Gasteiger partial charge in [0.15, 0.2) is 0 Å². The minimum atomic E-state index is 0.176. The van der Waals surface area contributed by atoms with E-state index in [0.717, 1.165) is 18.6 Å². The highest BCUT2D eigenvalue weighted by atomic mass is 16.1. The van der Waals surface area contributed by atoms with E-state index in [1.165, 1.54) is 6.42 Å². The zero-order valence-electron chi connectivity index (χ0n) is 6.73. The summed E-state index contributed by atoms with van der Waals surface area (Å²) in [7, 11) is 2.04. The summed E-state index contributed by atoms with van der Waals surface area (Å²) >= 11 is 0. The van der Waals surface area contributed by atoms with E-state index in [-0.39, 0.29) is 6.04 Å². The van der Waals surface area contributed by atoms with Crippen LogP contribution in [0.5, 0.6) is 0 Å². The van der Waals surface area contributed by atoms with Crippen LogP contribution in [0.15, 0.2) is 12.2 Å². The van der Waals surface area contributed by atoms with Gasteiger partial charge in [-0.15, -0.1) is 0 Å². The molecule has 60 valence electrons. The van der Waals surface area contributed by atoms with Gasteiger partial charge in [0.25, 0.3) is 0 Å². The van der Waals surface area contributed by atoms with E-state index in [1.807, 2.05) is 7.05 Å². The van der Waals surface area contributed by atoms with Gasteiger partial charge in [0.05, 0.1) is 6.04 Å². The van der Waals surface area contributed by atoms with Crippen molar-refractivity contribution in [3.05, 3.63) is 12.2 Å². The first-order valence-corrected chi connectivity index (χ1v) is 4.17. The Balaban J connectivity index is 2.15. The smallest absolute Gasteiger partial charge is 0.137 e. The van der Waals surface area contributed by atoms with Crippen molar-refractivity contribution in [1.29, 1.82) is 0 Å². The average molecular weight is 151 g/mol. The average Bonchev–Trinajstić information content (AvgIpc) is 2.53. The molecule has 0 radical (unpaired) electrons. The molecule has 11 heavy (non-hydrogen) atoms. The number of rotatable bonds is 1. The Morgan fingerprint density at radius 2 is 2.45 bits per heavy atom. The van der Waals surface area contributed by atoms with E-state index in [9.17, 15) is 4.79 Å². The summed E-state index contributed by atoms with van der Waals surface area (Å²) in [5.74, 6) is 0.718. The molecule has 3 atom stereocenters. The molecule has 0 bridgehead atoms. The Morgan fingerprint density at radius 3 is 3.09 bits per heavy atom. The summed E-state index contributed by atoms with van der Waals surface area (Å²) in [5.41, 5.74) is 0. The normalized spacial score (nSPS) is 42.8. The van der Waals surface area contributed by atoms with Crippen molar-refractivity contribution in [1.82, 2.24) is 4.90 Å². The third-order valence-electron chi connectivity index (χ3n) is 2.95. The quantitative estimate of drug-likeness (QED) is 0.409. The Labute approximate surface area is 66.9 Å². The van der Waals surface area contributed by atoms with Crippen molar-refractivity contribution in [3.63, 3.8) is 0 Å². The summed E-state index contributed by atoms with van der Waals surface area (Å²) in [6.45, 7) is 0. The first-order valence-electron chi connectivity index (χ1n) is 4.17. The van der Waals surface area contributed by atoms with E-state index in [4.69, 9.17) is 0 Å². The second-order valence-corrected chi connectivity index (χ2v) is 3.52. The van der Waals surface area contributed by atoms with Crippen LogP contribution < -0.4 is 0 Å². The van der Waals surface area contributed by atoms with Crippen molar-refractivity contribution in [3.8, 4) is 0 Å². The minimum absolute atomic E-state index is 0.176. The van der Waals surface area contributed by atoms with Gasteiger partial charge in [-0.1, -0.05) is 12.2 Å². The lowest BCUT2D eigenvalue weighted by Gasteiger charge is -2.19. The molecule has 0 amide bonds. The van der Waals surface area contributed by atoms with Crippen LogP contribution in [0.25, 0.3) is 0 Å². The van der Waals surface area contributed by atoms with Gasteiger partial charge in [-0.05, 0) is 25.8 Å². The molecular weight excluding hydrogens is 138 g/mol. The number of carbonyl (C=O) groups is 1. The predicted octanol–water partition coefficient (Wildman–Crippen LogP) is 0.834. The van der Waals surface area contributed by atoms with Crippen molar-refractivity contribution in [2.75, 3.05) is 7.05 Å². The molecule has 0 aromatic heterocycles. The molecule has 1 aliphatic carbocycles. The van der Waals surface area contributed by atoms with Crippen LogP contribution in [0.2, 0.25) is 0 Å². The number of carbonyl (C=O) groups excluding carboxylic acids is 1. The zero-order chi connectivity index (χ0) is 7.84. The van der Waals surface area contributed by atoms with Crippen molar-refractivity contribution < 1.29 is 4.79 Å². The molecule has 1 aliphatic heterocycles. The highest BCUT2D eigenvalue weighted by Gasteiger charge is 2.38. The number of nitrogens with zero attached hydrogens (tertiary/aromatic N) is 1. The van der Waals surface area contributed by atoms with Crippen molar-refractivity contribution in [2.24, 2.45) is 5.92 Å². The maximum absolute atomic E-state index is 10.6. The molecule has 1 saturated heterocycles. The summed E-state index contributed by atoms with van der Waals surface area (Å²) < 4.78 is 0. The monoisotopic (exact) mass is 151 g/mol. The summed E-state index contributed by atoms with van der Waals surface area (Å²) in [4.78, 5) is 12.8. The molecule has 2 heteroatoms. The van der Waals surface area contributed by atoms with Gasteiger partial charge in [-0.2, -0.15) is 0 Å². The highest BCUT2D eigenvalue weighted by Crippen LogP contribution is 2.35. The maximum Gasteiger partial charge on any atom is 0.137 e. The summed E-state index contributed by atoms with van der Waals surface area (Å²) in [6.07, 6.45) is 7.75. The predicted molar refractivity (Wildman–Crippen MR) is 43.3 cm³/mol.